The van der Waals surface area contributed by atoms with E-state index in [1.165, 1.54) is 4.90 Å². The first kappa shape index (κ1) is 16.1. The Balaban J connectivity index is 1.91. The molecule has 0 saturated carbocycles. The molecule has 0 spiro atoms. The van der Waals surface area contributed by atoms with Crippen LogP contribution in [0.15, 0.2) is 41.0 Å². The highest BCUT2D eigenvalue weighted by molar-refractivity contribution is 9.10. The summed E-state index contributed by atoms with van der Waals surface area (Å²) in [5.74, 6) is 0.215. The normalized spacial score (nSPS) is 10.1. The molecule has 2 amide bonds. The van der Waals surface area contributed by atoms with E-state index >= 15 is 0 Å². The number of nitrogens with zero attached hydrogens (tertiary/aromatic N) is 1. The molecule has 1 aromatic carbocycles. The molecule has 0 radical (unpaired) electrons. The van der Waals surface area contributed by atoms with Crippen LogP contribution in [0.1, 0.15) is 10.5 Å². The monoisotopic (exact) mass is 365 g/mol. The number of H-pyrrole nitrogens is 1. The molecule has 7 heteroatoms. The van der Waals surface area contributed by atoms with Crippen LogP contribution in [0.2, 0.25) is 0 Å². The summed E-state index contributed by atoms with van der Waals surface area (Å²) in [5.41, 5.74) is 1.10. The predicted molar refractivity (Wildman–Crippen MR) is 87.1 cm³/mol. The van der Waals surface area contributed by atoms with Gasteiger partial charge in [0.15, 0.2) is 6.61 Å². The van der Waals surface area contributed by atoms with Gasteiger partial charge in [-0.3, -0.25) is 9.59 Å². The number of rotatable bonds is 5. The molecule has 22 heavy (non-hydrogen) atoms. The minimum atomic E-state index is -0.234. The van der Waals surface area contributed by atoms with Crippen LogP contribution in [0.5, 0.6) is 5.75 Å². The summed E-state index contributed by atoms with van der Waals surface area (Å²) in [6.07, 6.45) is 1.69. The van der Waals surface area contributed by atoms with Gasteiger partial charge in [-0.25, -0.2) is 0 Å². The second-order valence-corrected chi connectivity index (χ2v) is 5.70. The summed E-state index contributed by atoms with van der Waals surface area (Å²) in [7, 11) is 3.34. The average Bonchev–Trinajstić information content (AvgIpc) is 2.92. The van der Waals surface area contributed by atoms with E-state index in [-0.39, 0.29) is 18.4 Å². The molecule has 0 aliphatic heterocycles. The lowest BCUT2D eigenvalue weighted by atomic mass is 10.3. The molecule has 6 nitrogen and oxygen atoms in total. The Hall–Kier alpha value is -2.28. The number of carbonyl (C=O) groups excluding carboxylic acids is 2. The number of aromatic amines is 1. The Bertz CT molecular complexity index is 665. The Labute approximate surface area is 136 Å². The highest BCUT2D eigenvalue weighted by Gasteiger charge is 2.09. The molecule has 0 unspecified atom stereocenters. The smallest absolute Gasteiger partial charge is 0.272 e. The molecule has 0 bridgehead atoms. The molecule has 0 saturated heterocycles. The van der Waals surface area contributed by atoms with Gasteiger partial charge in [0, 0.05) is 30.5 Å². The van der Waals surface area contributed by atoms with Crippen molar-refractivity contribution in [2.75, 3.05) is 26.0 Å². The fourth-order valence-corrected chi connectivity index (χ4v) is 1.95. The molecule has 0 atom stereocenters. The third-order valence-electron chi connectivity index (χ3n) is 2.87. The Morgan fingerprint density at radius 1 is 1.27 bits per heavy atom. The summed E-state index contributed by atoms with van der Waals surface area (Å²) in [4.78, 5) is 27.7. The maximum absolute atomic E-state index is 12.0. The van der Waals surface area contributed by atoms with Crippen LogP contribution in [-0.2, 0) is 4.79 Å². The van der Waals surface area contributed by atoms with Crippen molar-refractivity contribution < 1.29 is 14.3 Å². The number of hydrogen-bond donors (Lipinski definition) is 2. The molecule has 0 aliphatic carbocycles. The third kappa shape index (κ3) is 4.36. The van der Waals surface area contributed by atoms with Crippen molar-refractivity contribution in [3.63, 3.8) is 0 Å². The van der Waals surface area contributed by atoms with E-state index in [1.54, 1.807) is 50.6 Å². The molecular formula is C15H16BrN3O3. The van der Waals surface area contributed by atoms with Crippen molar-refractivity contribution >= 4 is 33.4 Å². The summed E-state index contributed by atoms with van der Waals surface area (Å²) >= 11 is 3.28. The molecule has 116 valence electrons. The standard InChI is InChI=1S/C15H16BrN3O3/c1-19(2)14(20)9-22-12-5-3-11(4-6-12)18-15(21)13-7-10(16)8-17-13/h3-8,17H,9H2,1-2H3,(H,18,21). The number of amides is 2. The Morgan fingerprint density at radius 3 is 2.50 bits per heavy atom. The van der Waals surface area contributed by atoms with Crippen LogP contribution in [0.25, 0.3) is 0 Å². The summed E-state index contributed by atoms with van der Waals surface area (Å²) in [6.45, 7) is -0.0186. The molecular weight excluding hydrogens is 350 g/mol. The van der Waals surface area contributed by atoms with Crippen LogP contribution in [-0.4, -0.2) is 42.4 Å². The summed E-state index contributed by atoms with van der Waals surface area (Å²) in [5, 5.41) is 2.76. The fourth-order valence-electron chi connectivity index (χ4n) is 1.61. The number of likely N-dealkylation sites (N-methyl/N-ethyl adjacent to an activating group) is 1. The van der Waals surface area contributed by atoms with Gasteiger partial charge in [-0.15, -0.1) is 0 Å². The molecule has 0 aliphatic rings. The lowest BCUT2D eigenvalue weighted by molar-refractivity contribution is -0.130. The van der Waals surface area contributed by atoms with Crippen molar-refractivity contribution in [1.82, 2.24) is 9.88 Å². The number of hydrogen-bond acceptors (Lipinski definition) is 3. The molecule has 2 rings (SSSR count). The molecule has 2 N–H and O–H groups in total. The van der Waals surface area contributed by atoms with Crippen molar-refractivity contribution in [2.45, 2.75) is 0 Å². The zero-order valence-corrected chi connectivity index (χ0v) is 13.8. The van der Waals surface area contributed by atoms with E-state index in [1.807, 2.05) is 0 Å². The first-order valence-electron chi connectivity index (χ1n) is 6.54. The van der Waals surface area contributed by atoms with E-state index in [0.717, 1.165) is 4.47 Å². The van der Waals surface area contributed by atoms with Crippen molar-refractivity contribution in [3.8, 4) is 5.75 Å². The number of halogens is 1. The number of ether oxygens (including phenoxy) is 1. The van der Waals surface area contributed by atoms with E-state index in [2.05, 4.69) is 26.2 Å². The van der Waals surface area contributed by atoms with Gasteiger partial charge in [0.25, 0.3) is 11.8 Å². The summed E-state index contributed by atoms with van der Waals surface area (Å²) in [6, 6.07) is 8.52. The van der Waals surface area contributed by atoms with Crippen molar-refractivity contribution in [2.24, 2.45) is 0 Å². The van der Waals surface area contributed by atoms with Crippen LogP contribution >= 0.6 is 15.9 Å². The van der Waals surface area contributed by atoms with Gasteiger partial charge < -0.3 is 19.9 Å². The number of carbonyl (C=O) groups is 2. The number of aromatic nitrogens is 1. The number of anilines is 1. The maximum atomic E-state index is 12.0. The van der Waals surface area contributed by atoms with E-state index in [0.29, 0.717) is 17.1 Å². The lowest BCUT2D eigenvalue weighted by Crippen LogP contribution is -2.27. The predicted octanol–water partition coefficient (Wildman–Crippen LogP) is 2.50. The van der Waals surface area contributed by atoms with Crippen molar-refractivity contribution in [3.05, 3.63) is 46.7 Å². The van der Waals surface area contributed by atoms with Gasteiger partial charge in [0.1, 0.15) is 11.4 Å². The first-order valence-corrected chi connectivity index (χ1v) is 7.33. The van der Waals surface area contributed by atoms with Crippen LogP contribution in [0.4, 0.5) is 5.69 Å². The minimum Gasteiger partial charge on any atom is -0.484 e. The minimum absolute atomic E-state index is 0.0186. The molecule has 2 aromatic rings. The second kappa shape index (κ2) is 7.13. The van der Waals surface area contributed by atoms with Gasteiger partial charge >= 0.3 is 0 Å². The lowest BCUT2D eigenvalue weighted by Gasteiger charge is -2.11. The first-order chi connectivity index (χ1) is 10.5. The van der Waals surface area contributed by atoms with E-state index in [4.69, 9.17) is 4.74 Å². The topological polar surface area (TPSA) is 74.4 Å². The molecule has 0 fully saturated rings. The van der Waals surface area contributed by atoms with E-state index in [9.17, 15) is 9.59 Å². The third-order valence-corrected chi connectivity index (χ3v) is 3.32. The molecule has 1 heterocycles. The fraction of sp³-hybridized carbons (Fsp3) is 0.200. The van der Waals surface area contributed by atoms with Crippen LogP contribution < -0.4 is 10.1 Å². The second-order valence-electron chi connectivity index (χ2n) is 4.79. The van der Waals surface area contributed by atoms with Gasteiger partial charge in [-0.05, 0) is 46.3 Å². The van der Waals surface area contributed by atoms with Gasteiger partial charge in [0.05, 0.1) is 0 Å². The highest BCUT2D eigenvalue weighted by Crippen LogP contribution is 2.17. The Kier molecular flexibility index (Phi) is 5.21. The van der Waals surface area contributed by atoms with Crippen molar-refractivity contribution in [1.29, 1.82) is 0 Å². The Morgan fingerprint density at radius 2 is 1.95 bits per heavy atom. The SMILES string of the molecule is CN(C)C(=O)COc1ccc(NC(=O)c2cc(Br)c[nH]2)cc1. The van der Waals surface area contributed by atoms with Gasteiger partial charge in [-0.1, -0.05) is 0 Å². The van der Waals surface area contributed by atoms with Gasteiger partial charge in [0.2, 0.25) is 0 Å². The quantitative estimate of drug-likeness (QED) is 0.854. The van der Waals surface area contributed by atoms with Gasteiger partial charge in [-0.2, -0.15) is 0 Å². The molecule has 1 aromatic heterocycles. The number of nitrogens with one attached hydrogen (secondary N) is 2. The maximum Gasteiger partial charge on any atom is 0.272 e. The summed E-state index contributed by atoms with van der Waals surface area (Å²) < 4.78 is 6.17. The average molecular weight is 366 g/mol. The van der Waals surface area contributed by atoms with Crippen LogP contribution in [0.3, 0.4) is 0 Å². The highest BCUT2D eigenvalue weighted by atomic mass is 79.9. The number of benzene rings is 1. The van der Waals surface area contributed by atoms with E-state index < -0.39 is 0 Å². The largest absolute Gasteiger partial charge is 0.484 e. The zero-order valence-electron chi connectivity index (χ0n) is 12.2. The zero-order chi connectivity index (χ0) is 16.1. The van der Waals surface area contributed by atoms with Crippen LogP contribution in [0, 0.1) is 0 Å².